The van der Waals surface area contributed by atoms with Gasteiger partial charge in [-0.3, -0.25) is 0 Å². The molecule has 3 heteroatoms. The van der Waals surface area contributed by atoms with Crippen LogP contribution in [0.25, 0.3) is 10.1 Å². The zero-order valence-corrected chi connectivity index (χ0v) is 12.8. The van der Waals surface area contributed by atoms with Gasteiger partial charge in [-0.1, -0.05) is 32.0 Å². The lowest BCUT2D eigenvalue weighted by Gasteiger charge is -2.23. The van der Waals surface area contributed by atoms with Gasteiger partial charge < -0.3 is 10.1 Å². The van der Waals surface area contributed by atoms with E-state index >= 15 is 0 Å². The molecule has 1 aromatic heterocycles. The Bertz CT molecular complexity index is 475. The van der Waals surface area contributed by atoms with Crippen LogP contribution in [0.2, 0.25) is 0 Å². The van der Waals surface area contributed by atoms with Crippen molar-refractivity contribution in [3.05, 3.63) is 35.2 Å². The second-order valence-corrected chi connectivity index (χ2v) is 6.10. The topological polar surface area (TPSA) is 21.3 Å². The van der Waals surface area contributed by atoms with E-state index in [0.717, 1.165) is 19.6 Å². The lowest BCUT2D eigenvalue weighted by atomic mass is 9.97. The van der Waals surface area contributed by atoms with E-state index in [2.05, 4.69) is 49.5 Å². The SMILES string of the molecule is CCNC(c1cc2ccccc2s1)C(C)CCOC. The van der Waals surface area contributed by atoms with Crippen LogP contribution in [0.4, 0.5) is 0 Å². The van der Waals surface area contributed by atoms with Gasteiger partial charge in [-0.2, -0.15) is 0 Å². The molecule has 1 heterocycles. The second-order valence-electron chi connectivity index (χ2n) is 4.98. The Morgan fingerprint density at radius 3 is 2.79 bits per heavy atom. The molecular weight excluding hydrogens is 254 g/mol. The van der Waals surface area contributed by atoms with E-state index in [-0.39, 0.29) is 0 Å². The van der Waals surface area contributed by atoms with E-state index < -0.39 is 0 Å². The second kappa shape index (κ2) is 7.04. The average molecular weight is 277 g/mol. The molecule has 2 unspecified atom stereocenters. The van der Waals surface area contributed by atoms with Crippen LogP contribution in [0, 0.1) is 5.92 Å². The van der Waals surface area contributed by atoms with Crippen molar-refractivity contribution in [2.45, 2.75) is 26.3 Å². The summed E-state index contributed by atoms with van der Waals surface area (Å²) >= 11 is 1.90. The number of hydrogen-bond acceptors (Lipinski definition) is 3. The molecule has 19 heavy (non-hydrogen) atoms. The van der Waals surface area contributed by atoms with Gasteiger partial charge >= 0.3 is 0 Å². The summed E-state index contributed by atoms with van der Waals surface area (Å²) < 4.78 is 6.59. The van der Waals surface area contributed by atoms with Crippen LogP contribution in [-0.2, 0) is 4.74 Å². The predicted molar refractivity (Wildman–Crippen MR) is 83.9 cm³/mol. The predicted octanol–water partition coefficient (Wildman–Crippen LogP) is 4.22. The van der Waals surface area contributed by atoms with E-state index in [0.29, 0.717) is 12.0 Å². The molecule has 0 radical (unpaired) electrons. The van der Waals surface area contributed by atoms with Gasteiger partial charge in [0.15, 0.2) is 0 Å². The minimum Gasteiger partial charge on any atom is -0.385 e. The highest BCUT2D eigenvalue weighted by Gasteiger charge is 2.20. The van der Waals surface area contributed by atoms with Crippen LogP contribution in [-0.4, -0.2) is 20.3 Å². The van der Waals surface area contributed by atoms with Crippen molar-refractivity contribution < 1.29 is 4.74 Å². The third-order valence-electron chi connectivity index (χ3n) is 3.52. The molecule has 0 aliphatic heterocycles. The summed E-state index contributed by atoms with van der Waals surface area (Å²) in [6, 6.07) is 11.4. The van der Waals surface area contributed by atoms with E-state index in [1.807, 2.05) is 11.3 Å². The molecule has 0 spiro atoms. The standard InChI is InChI=1S/C16H23NOS/c1-4-17-16(12(2)9-10-18-3)15-11-13-7-5-6-8-14(13)19-15/h5-8,11-12,16-17H,4,9-10H2,1-3H3. The number of hydrogen-bond donors (Lipinski definition) is 1. The fourth-order valence-electron chi connectivity index (χ4n) is 2.43. The maximum absolute atomic E-state index is 5.21. The van der Waals surface area contributed by atoms with Gasteiger partial charge in [0.25, 0.3) is 0 Å². The van der Waals surface area contributed by atoms with Crippen molar-refractivity contribution in [1.82, 2.24) is 5.32 Å². The van der Waals surface area contributed by atoms with Crippen molar-refractivity contribution >= 4 is 21.4 Å². The molecule has 104 valence electrons. The quantitative estimate of drug-likeness (QED) is 0.818. The minimum atomic E-state index is 0.428. The van der Waals surface area contributed by atoms with Crippen LogP contribution >= 0.6 is 11.3 Å². The first-order chi connectivity index (χ1) is 9.26. The average Bonchev–Trinajstić information content (AvgIpc) is 2.85. The van der Waals surface area contributed by atoms with Gasteiger partial charge in [-0.05, 0) is 36.4 Å². The third kappa shape index (κ3) is 3.56. The summed E-state index contributed by atoms with van der Waals surface area (Å²) in [7, 11) is 1.77. The third-order valence-corrected chi connectivity index (χ3v) is 4.72. The minimum absolute atomic E-state index is 0.428. The molecule has 0 aliphatic carbocycles. The van der Waals surface area contributed by atoms with Crippen molar-refractivity contribution in [2.75, 3.05) is 20.3 Å². The molecule has 0 aliphatic rings. The molecule has 0 saturated carbocycles. The number of nitrogens with one attached hydrogen (secondary N) is 1. The molecule has 1 N–H and O–H groups in total. The van der Waals surface area contributed by atoms with Crippen molar-refractivity contribution in [3.63, 3.8) is 0 Å². The molecule has 0 amide bonds. The van der Waals surface area contributed by atoms with Gasteiger partial charge in [0.2, 0.25) is 0 Å². The summed E-state index contributed by atoms with van der Waals surface area (Å²) in [6.45, 7) is 6.30. The molecule has 0 fully saturated rings. The fourth-order valence-corrected chi connectivity index (χ4v) is 3.70. The Labute approximate surface area is 119 Å². The first kappa shape index (κ1) is 14.5. The van der Waals surface area contributed by atoms with Gasteiger partial charge in [0.05, 0.1) is 0 Å². The van der Waals surface area contributed by atoms with Crippen LogP contribution in [0.1, 0.15) is 31.2 Å². The van der Waals surface area contributed by atoms with Gasteiger partial charge in [-0.15, -0.1) is 11.3 Å². The maximum atomic E-state index is 5.21. The first-order valence-electron chi connectivity index (χ1n) is 6.97. The molecule has 2 rings (SSSR count). The Kier molecular flexibility index (Phi) is 5.37. The summed E-state index contributed by atoms with van der Waals surface area (Å²) in [4.78, 5) is 1.44. The summed E-state index contributed by atoms with van der Waals surface area (Å²) in [5, 5.41) is 4.97. The molecule has 0 bridgehead atoms. The maximum Gasteiger partial charge on any atom is 0.0465 e. The molecule has 2 atom stereocenters. The molecule has 0 saturated heterocycles. The van der Waals surface area contributed by atoms with Gasteiger partial charge in [0.1, 0.15) is 0 Å². The Hall–Kier alpha value is -0.900. The summed E-state index contributed by atoms with van der Waals surface area (Å²) in [5.74, 6) is 0.577. The highest BCUT2D eigenvalue weighted by Crippen LogP contribution is 2.34. The monoisotopic (exact) mass is 277 g/mol. The number of benzene rings is 1. The van der Waals surface area contributed by atoms with Crippen molar-refractivity contribution in [2.24, 2.45) is 5.92 Å². The van der Waals surface area contributed by atoms with Gasteiger partial charge in [-0.25, -0.2) is 0 Å². The highest BCUT2D eigenvalue weighted by atomic mass is 32.1. The molecule has 1 aromatic carbocycles. The lowest BCUT2D eigenvalue weighted by molar-refractivity contribution is 0.171. The Morgan fingerprint density at radius 2 is 2.11 bits per heavy atom. The highest BCUT2D eigenvalue weighted by molar-refractivity contribution is 7.19. The molecule has 2 aromatic rings. The zero-order chi connectivity index (χ0) is 13.7. The fraction of sp³-hybridized carbons (Fsp3) is 0.500. The largest absolute Gasteiger partial charge is 0.385 e. The van der Waals surface area contributed by atoms with Crippen LogP contribution in [0.5, 0.6) is 0 Å². The van der Waals surface area contributed by atoms with Crippen molar-refractivity contribution in [3.8, 4) is 0 Å². The van der Waals surface area contributed by atoms with E-state index in [4.69, 9.17) is 4.74 Å². The number of rotatable bonds is 7. The first-order valence-corrected chi connectivity index (χ1v) is 7.78. The van der Waals surface area contributed by atoms with Gasteiger partial charge in [0, 0.05) is 29.3 Å². The number of fused-ring (bicyclic) bond motifs is 1. The lowest BCUT2D eigenvalue weighted by Crippen LogP contribution is -2.26. The van der Waals surface area contributed by atoms with Crippen LogP contribution in [0.3, 0.4) is 0 Å². The normalized spacial score (nSPS) is 14.7. The van der Waals surface area contributed by atoms with E-state index in [1.54, 1.807) is 7.11 Å². The van der Waals surface area contributed by atoms with E-state index in [1.165, 1.54) is 15.0 Å². The summed E-state index contributed by atoms with van der Waals surface area (Å²) in [6.07, 6.45) is 1.09. The smallest absolute Gasteiger partial charge is 0.0465 e. The zero-order valence-electron chi connectivity index (χ0n) is 12.0. The van der Waals surface area contributed by atoms with Crippen LogP contribution < -0.4 is 5.32 Å². The number of thiophene rings is 1. The van der Waals surface area contributed by atoms with E-state index in [9.17, 15) is 0 Å². The van der Waals surface area contributed by atoms with Crippen molar-refractivity contribution in [1.29, 1.82) is 0 Å². The Balaban J connectivity index is 2.21. The number of methoxy groups -OCH3 is 1. The Morgan fingerprint density at radius 1 is 1.32 bits per heavy atom. The molecule has 2 nitrogen and oxygen atoms in total. The molecular formula is C16H23NOS. The van der Waals surface area contributed by atoms with Crippen LogP contribution in [0.15, 0.2) is 30.3 Å². The summed E-state index contributed by atoms with van der Waals surface area (Å²) in [5.41, 5.74) is 0. The number of ether oxygens (including phenoxy) is 1.